The number of hydrogen-bond donors (Lipinski definition) is 1. The minimum atomic E-state index is 0.198. The molecule has 100 valence electrons. The van der Waals surface area contributed by atoms with E-state index in [-0.39, 0.29) is 6.04 Å². The molecule has 0 aliphatic carbocycles. The van der Waals surface area contributed by atoms with E-state index < -0.39 is 0 Å². The molecule has 0 aliphatic rings. The summed E-state index contributed by atoms with van der Waals surface area (Å²) in [6.45, 7) is 0. The Morgan fingerprint density at radius 1 is 1.26 bits per heavy atom. The van der Waals surface area contributed by atoms with E-state index in [1.807, 2.05) is 43.6 Å². The predicted octanol–water partition coefficient (Wildman–Crippen LogP) is 3.25. The normalized spacial score (nSPS) is 12.2. The van der Waals surface area contributed by atoms with E-state index in [1.165, 1.54) is 5.56 Å². The van der Waals surface area contributed by atoms with Gasteiger partial charge in [-0.1, -0.05) is 23.7 Å². The number of rotatable bonds is 5. The maximum atomic E-state index is 5.90. The molecule has 1 unspecified atom stereocenters. The van der Waals surface area contributed by atoms with Gasteiger partial charge >= 0.3 is 0 Å². The highest BCUT2D eigenvalue weighted by Gasteiger charge is 2.11. The van der Waals surface area contributed by atoms with E-state index in [2.05, 4.69) is 10.3 Å². The number of aromatic nitrogens is 1. The van der Waals surface area contributed by atoms with E-state index in [9.17, 15) is 0 Å². The van der Waals surface area contributed by atoms with Gasteiger partial charge in [0.1, 0.15) is 5.75 Å². The maximum Gasteiger partial charge on any atom is 0.137 e. The van der Waals surface area contributed by atoms with Crippen LogP contribution in [0.15, 0.2) is 42.7 Å². The predicted molar refractivity (Wildman–Crippen MR) is 77.7 cm³/mol. The zero-order valence-corrected chi connectivity index (χ0v) is 11.8. The van der Waals surface area contributed by atoms with Crippen molar-refractivity contribution >= 4 is 11.6 Å². The Kier molecular flexibility index (Phi) is 4.77. The second-order valence-corrected chi connectivity index (χ2v) is 4.77. The lowest BCUT2D eigenvalue weighted by atomic mass is 10.0. The molecule has 19 heavy (non-hydrogen) atoms. The minimum absolute atomic E-state index is 0.198. The average Bonchev–Trinajstić information content (AvgIpc) is 2.46. The Morgan fingerprint density at radius 3 is 2.63 bits per heavy atom. The first kappa shape index (κ1) is 13.8. The van der Waals surface area contributed by atoms with Gasteiger partial charge in [-0.2, -0.15) is 0 Å². The Bertz CT molecular complexity index is 528. The van der Waals surface area contributed by atoms with Crippen LogP contribution in [0.25, 0.3) is 0 Å². The smallest absolute Gasteiger partial charge is 0.137 e. The summed E-state index contributed by atoms with van der Waals surface area (Å²) in [6.07, 6.45) is 4.45. The second kappa shape index (κ2) is 6.55. The summed E-state index contributed by atoms with van der Waals surface area (Å²) >= 11 is 5.90. The summed E-state index contributed by atoms with van der Waals surface area (Å²) in [5, 5.41) is 4.06. The van der Waals surface area contributed by atoms with Gasteiger partial charge < -0.3 is 10.1 Å². The van der Waals surface area contributed by atoms with Crippen molar-refractivity contribution in [3.8, 4) is 5.75 Å². The molecule has 4 heteroatoms. The summed E-state index contributed by atoms with van der Waals surface area (Å²) in [7, 11) is 3.59. The molecule has 3 nitrogen and oxygen atoms in total. The highest BCUT2D eigenvalue weighted by Crippen LogP contribution is 2.21. The van der Waals surface area contributed by atoms with Gasteiger partial charge in [0.15, 0.2) is 0 Å². The monoisotopic (exact) mass is 276 g/mol. The van der Waals surface area contributed by atoms with Crippen molar-refractivity contribution < 1.29 is 4.74 Å². The van der Waals surface area contributed by atoms with Crippen LogP contribution < -0.4 is 10.1 Å². The number of nitrogens with zero attached hydrogens (tertiary/aromatic N) is 1. The minimum Gasteiger partial charge on any atom is -0.495 e. The van der Waals surface area contributed by atoms with E-state index in [0.717, 1.165) is 22.8 Å². The molecule has 0 aliphatic heterocycles. The van der Waals surface area contributed by atoms with Gasteiger partial charge in [-0.25, -0.2) is 0 Å². The first-order valence-electron chi connectivity index (χ1n) is 6.13. The van der Waals surface area contributed by atoms with Gasteiger partial charge in [-0.15, -0.1) is 0 Å². The van der Waals surface area contributed by atoms with E-state index >= 15 is 0 Å². The average molecular weight is 277 g/mol. The number of hydrogen-bond acceptors (Lipinski definition) is 3. The van der Waals surface area contributed by atoms with Gasteiger partial charge in [0.25, 0.3) is 0 Å². The van der Waals surface area contributed by atoms with Crippen LogP contribution in [-0.2, 0) is 6.42 Å². The van der Waals surface area contributed by atoms with Crippen molar-refractivity contribution in [3.05, 3.63) is 58.9 Å². The molecule has 0 amide bonds. The summed E-state index contributed by atoms with van der Waals surface area (Å²) in [6, 6.07) is 10.1. The summed E-state index contributed by atoms with van der Waals surface area (Å²) in [5.74, 6) is 0.772. The Morgan fingerprint density at radius 2 is 2.00 bits per heavy atom. The molecule has 1 N–H and O–H groups in total. The lowest BCUT2D eigenvalue weighted by Gasteiger charge is -2.17. The number of nitrogens with one attached hydrogen (secondary N) is 1. The van der Waals surface area contributed by atoms with Gasteiger partial charge in [-0.05, 0) is 42.8 Å². The van der Waals surface area contributed by atoms with Crippen LogP contribution in [0.5, 0.6) is 5.75 Å². The molecule has 2 aromatic rings. The van der Waals surface area contributed by atoms with Crippen LogP contribution in [0.4, 0.5) is 0 Å². The molecular weight excluding hydrogens is 260 g/mol. The van der Waals surface area contributed by atoms with E-state index in [4.69, 9.17) is 16.3 Å². The van der Waals surface area contributed by atoms with Gasteiger partial charge in [0.05, 0.1) is 13.3 Å². The molecule has 0 spiro atoms. The third kappa shape index (κ3) is 3.69. The number of benzene rings is 1. The molecule has 0 radical (unpaired) electrons. The molecule has 0 saturated carbocycles. The Balaban J connectivity index is 2.17. The highest BCUT2D eigenvalue weighted by atomic mass is 35.5. The second-order valence-electron chi connectivity index (χ2n) is 4.33. The zero-order chi connectivity index (χ0) is 13.7. The van der Waals surface area contributed by atoms with E-state index in [0.29, 0.717) is 0 Å². The number of pyridine rings is 1. The van der Waals surface area contributed by atoms with Gasteiger partial charge in [0, 0.05) is 17.3 Å². The van der Waals surface area contributed by atoms with Gasteiger partial charge in [0.2, 0.25) is 0 Å². The third-order valence-corrected chi connectivity index (χ3v) is 3.33. The number of methoxy groups -OCH3 is 1. The number of halogens is 1. The highest BCUT2D eigenvalue weighted by molar-refractivity contribution is 6.30. The lowest BCUT2D eigenvalue weighted by molar-refractivity contribution is 0.411. The summed E-state index contributed by atoms with van der Waals surface area (Å²) in [4.78, 5) is 4.19. The van der Waals surface area contributed by atoms with Crippen molar-refractivity contribution in [2.75, 3.05) is 14.2 Å². The first-order valence-corrected chi connectivity index (χ1v) is 6.51. The Hall–Kier alpha value is -1.58. The molecule has 0 bridgehead atoms. The zero-order valence-electron chi connectivity index (χ0n) is 11.1. The van der Waals surface area contributed by atoms with Crippen LogP contribution in [-0.4, -0.2) is 19.1 Å². The van der Waals surface area contributed by atoms with Crippen molar-refractivity contribution in [3.63, 3.8) is 0 Å². The third-order valence-electron chi connectivity index (χ3n) is 3.07. The molecule has 2 rings (SSSR count). The fourth-order valence-corrected chi connectivity index (χ4v) is 2.11. The van der Waals surface area contributed by atoms with Crippen molar-refractivity contribution in [1.82, 2.24) is 10.3 Å². The molecule has 1 atom stereocenters. The first-order chi connectivity index (χ1) is 9.22. The topological polar surface area (TPSA) is 34.2 Å². The summed E-state index contributed by atoms with van der Waals surface area (Å²) in [5.41, 5.74) is 2.34. The molecule has 0 fully saturated rings. The van der Waals surface area contributed by atoms with E-state index in [1.54, 1.807) is 13.3 Å². The molecule has 0 saturated heterocycles. The van der Waals surface area contributed by atoms with Gasteiger partial charge in [-0.3, -0.25) is 4.98 Å². The number of ether oxygens (including phenoxy) is 1. The SMILES string of the molecule is CNC(Cc1ccc(Cl)cc1)c1cncc(OC)c1. The summed E-state index contributed by atoms with van der Waals surface area (Å²) < 4.78 is 5.21. The van der Waals surface area contributed by atoms with Crippen molar-refractivity contribution in [2.24, 2.45) is 0 Å². The van der Waals surface area contributed by atoms with Crippen molar-refractivity contribution in [1.29, 1.82) is 0 Å². The van der Waals surface area contributed by atoms with Crippen LogP contribution in [0, 0.1) is 0 Å². The molecular formula is C15H17ClN2O. The van der Waals surface area contributed by atoms with Crippen LogP contribution in [0.2, 0.25) is 5.02 Å². The van der Waals surface area contributed by atoms with Crippen molar-refractivity contribution in [2.45, 2.75) is 12.5 Å². The molecule has 1 aromatic carbocycles. The molecule has 1 heterocycles. The standard InChI is InChI=1S/C15H17ClN2O/c1-17-15(7-11-3-5-13(16)6-4-11)12-8-14(19-2)10-18-9-12/h3-6,8-10,15,17H,7H2,1-2H3. The fraction of sp³-hybridized carbons (Fsp3) is 0.267. The van der Waals surface area contributed by atoms with Crippen LogP contribution in [0.1, 0.15) is 17.2 Å². The number of likely N-dealkylation sites (N-methyl/N-ethyl adjacent to an activating group) is 1. The lowest BCUT2D eigenvalue weighted by Crippen LogP contribution is -2.19. The maximum absolute atomic E-state index is 5.90. The van der Waals surface area contributed by atoms with Crippen LogP contribution in [0.3, 0.4) is 0 Å². The molecule has 1 aromatic heterocycles. The largest absolute Gasteiger partial charge is 0.495 e. The Labute approximate surface area is 118 Å². The van der Waals surface area contributed by atoms with Crippen LogP contribution >= 0.6 is 11.6 Å². The quantitative estimate of drug-likeness (QED) is 0.910. The fourth-order valence-electron chi connectivity index (χ4n) is 1.98.